The number of benzene rings is 1. The van der Waals surface area contributed by atoms with Gasteiger partial charge in [-0.15, -0.1) is 5.73 Å². The first kappa shape index (κ1) is 8.63. The highest BCUT2D eigenvalue weighted by Gasteiger charge is 1.94. The van der Waals surface area contributed by atoms with Crippen LogP contribution < -0.4 is 4.90 Å². The molecule has 12 heavy (non-hydrogen) atoms. The monoisotopic (exact) mass is 159 g/mol. The SMILES string of the molecule is C=C=CCN(C)c1ccccc1. The topological polar surface area (TPSA) is 3.24 Å². The molecule has 0 N–H and O–H groups in total. The second kappa shape index (κ2) is 4.42. The number of nitrogens with zero attached hydrogens (tertiary/aromatic N) is 1. The molecule has 0 aromatic heterocycles. The van der Waals surface area contributed by atoms with Crippen molar-refractivity contribution in [3.8, 4) is 0 Å². The van der Waals surface area contributed by atoms with E-state index in [0.29, 0.717) is 0 Å². The third-order valence-corrected chi connectivity index (χ3v) is 1.71. The van der Waals surface area contributed by atoms with Crippen LogP contribution in [-0.4, -0.2) is 13.6 Å². The highest BCUT2D eigenvalue weighted by molar-refractivity contribution is 5.45. The third kappa shape index (κ3) is 2.30. The second-order valence-corrected chi connectivity index (χ2v) is 2.62. The summed E-state index contributed by atoms with van der Waals surface area (Å²) in [5, 5.41) is 0. The standard InChI is InChI=1S/C11H13N/c1-3-4-10-12(2)11-8-6-5-7-9-11/h4-9H,1,10H2,2H3. The number of rotatable bonds is 3. The van der Waals surface area contributed by atoms with Crippen LogP contribution in [0.1, 0.15) is 0 Å². The van der Waals surface area contributed by atoms with E-state index in [1.807, 2.05) is 31.3 Å². The smallest absolute Gasteiger partial charge is 0.0430 e. The maximum Gasteiger partial charge on any atom is 0.0430 e. The predicted molar refractivity (Wildman–Crippen MR) is 53.4 cm³/mol. The Morgan fingerprint density at radius 3 is 2.67 bits per heavy atom. The highest BCUT2D eigenvalue weighted by Crippen LogP contribution is 2.09. The summed E-state index contributed by atoms with van der Waals surface area (Å²) < 4.78 is 0. The molecular formula is C11H13N. The molecule has 0 saturated carbocycles. The molecule has 1 aromatic rings. The Bertz CT molecular complexity index is 270. The lowest BCUT2D eigenvalue weighted by Crippen LogP contribution is -2.16. The zero-order valence-corrected chi connectivity index (χ0v) is 7.33. The molecule has 0 amide bonds. The van der Waals surface area contributed by atoms with Gasteiger partial charge in [0.05, 0.1) is 0 Å². The average Bonchev–Trinajstić information content (AvgIpc) is 2.15. The van der Waals surface area contributed by atoms with E-state index in [1.54, 1.807) is 0 Å². The molecule has 1 nitrogen and oxygen atoms in total. The highest BCUT2D eigenvalue weighted by atomic mass is 15.1. The van der Waals surface area contributed by atoms with Gasteiger partial charge < -0.3 is 4.90 Å². The molecule has 62 valence electrons. The first-order valence-electron chi connectivity index (χ1n) is 3.95. The van der Waals surface area contributed by atoms with Gasteiger partial charge in [-0.3, -0.25) is 0 Å². The zero-order chi connectivity index (χ0) is 8.81. The van der Waals surface area contributed by atoms with Crippen LogP contribution >= 0.6 is 0 Å². The van der Waals surface area contributed by atoms with Crippen molar-refractivity contribution in [3.63, 3.8) is 0 Å². The number of hydrogen-bond donors (Lipinski definition) is 0. The van der Waals surface area contributed by atoms with Gasteiger partial charge in [-0.1, -0.05) is 24.8 Å². The quantitative estimate of drug-likeness (QED) is 0.612. The molecule has 0 aliphatic carbocycles. The fourth-order valence-corrected chi connectivity index (χ4v) is 0.989. The van der Waals surface area contributed by atoms with Crippen molar-refractivity contribution in [2.45, 2.75) is 0 Å². The molecule has 0 unspecified atom stereocenters. The Kier molecular flexibility index (Phi) is 3.18. The Morgan fingerprint density at radius 2 is 2.08 bits per heavy atom. The van der Waals surface area contributed by atoms with Gasteiger partial charge in [0.25, 0.3) is 0 Å². The van der Waals surface area contributed by atoms with Gasteiger partial charge in [-0.05, 0) is 18.2 Å². The molecule has 0 spiro atoms. The first-order valence-corrected chi connectivity index (χ1v) is 3.95. The zero-order valence-electron chi connectivity index (χ0n) is 7.33. The lowest BCUT2D eigenvalue weighted by atomic mass is 10.3. The van der Waals surface area contributed by atoms with Crippen LogP contribution in [0.25, 0.3) is 0 Å². The summed E-state index contributed by atoms with van der Waals surface area (Å²) in [5.74, 6) is 0. The van der Waals surface area contributed by atoms with E-state index in [-0.39, 0.29) is 0 Å². The lowest BCUT2D eigenvalue weighted by Gasteiger charge is -2.15. The maximum absolute atomic E-state index is 3.52. The summed E-state index contributed by atoms with van der Waals surface area (Å²) in [6, 6.07) is 10.2. The molecule has 0 bridgehead atoms. The first-order chi connectivity index (χ1) is 5.84. The van der Waals surface area contributed by atoms with Crippen LogP contribution in [0.15, 0.2) is 48.7 Å². The molecular weight excluding hydrogens is 146 g/mol. The molecule has 0 heterocycles. The number of likely N-dealkylation sites (N-methyl/N-ethyl adjacent to an activating group) is 1. The normalized spacial score (nSPS) is 8.75. The van der Waals surface area contributed by atoms with Gasteiger partial charge in [-0.25, -0.2) is 0 Å². The molecule has 1 rings (SSSR count). The fraction of sp³-hybridized carbons (Fsp3) is 0.182. The number of para-hydroxylation sites is 1. The summed E-state index contributed by atoms with van der Waals surface area (Å²) in [6.07, 6.45) is 1.91. The molecule has 0 saturated heterocycles. The van der Waals surface area contributed by atoms with Crippen LogP contribution in [0.4, 0.5) is 5.69 Å². The lowest BCUT2D eigenvalue weighted by molar-refractivity contribution is 1.03. The Labute approximate surface area is 73.6 Å². The molecule has 0 atom stereocenters. The van der Waals surface area contributed by atoms with Crippen molar-refractivity contribution in [1.29, 1.82) is 0 Å². The van der Waals surface area contributed by atoms with Crippen LogP contribution in [0.2, 0.25) is 0 Å². The van der Waals surface area contributed by atoms with Crippen molar-refractivity contribution in [1.82, 2.24) is 0 Å². The van der Waals surface area contributed by atoms with Gasteiger partial charge in [0, 0.05) is 19.3 Å². The van der Waals surface area contributed by atoms with Crippen molar-refractivity contribution in [2.75, 3.05) is 18.5 Å². The molecule has 0 aliphatic rings. The van der Waals surface area contributed by atoms with Crippen LogP contribution in [0.3, 0.4) is 0 Å². The van der Waals surface area contributed by atoms with E-state index in [4.69, 9.17) is 0 Å². The molecule has 0 aliphatic heterocycles. The maximum atomic E-state index is 3.52. The Balaban J connectivity index is 2.65. The molecule has 0 radical (unpaired) electrons. The minimum atomic E-state index is 0.855. The summed E-state index contributed by atoms with van der Waals surface area (Å²) in [5.41, 5.74) is 3.96. The van der Waals surface area contributed by atoms with Crippen molar-refractivity contribution in [3.05, 3.63) is 48.7 Å². The van der Waals surface area contributed by atoms with Crippen molar-refractivity contribution < 1.29 is 0 Å². The van der Waals surface area contributed by atoms with E-state index < -0.39 is 0 Å². The number of hydrogen-bond acceptors (Lipinski definition) is 1. The molecule has 1 heteroatoms. The largest absolute Gasteiger partial charge is 0.370 e. The van der Waals surface area contributed by atoms with Crippen LogP contribution in [0, 0.1) is 0 Å². The van der Waals surface area contributed by atoms with Crippen LogP contribution in [-0.2, 0) is 0 Å². The Morgan fingerprint density at radius 1 is 1.42 bits per heavy atom. The fourth-order valence-electron chi connectivity index (χ4n) is 0.989. The van der Waals surface area contributed by atoms with Crippen LogP contribution in [0.5, 0.6) is 0 Å². The summed E-state index contributed by atoms with van der Waals surface area (Å²) in [6.45, 7) is 4.37. The summed E-state index contributed by atoms with van der Waals surface area (Å²) in [4.78, 5) is 2.14. The summed E-state index contributed by atoms with van der Waals surface area (Å²) in [7, 11) is 2.04. The minimum absolute atomic E-state index is 0.855. The molecule has 1 aromatic carbocycles. The van der Waals surface area contributed by atoms with E-state index in [2.05, 4.69) is 29.3 Å². The average molecular weight is 159 g/mol. The van der Waals surface area contributed by atoms with Gasteiger partial charge in [0.2, 0.25) is 0 Å². The molecule has 0 fully saturated rings. The van der Waals surface area contributed by atoms with Gasteiger partial charge >= 0.3 is 0 Å². The van der Waals surface area contributed by atoms with Crippen molar-refractivity contribution in [2.24, 2.45) is 0 Å². The van der Waals surface area contributed by atoms with Gasteiger partial charge in [0.15, 0.2) is 0 Å². The number of anilines is 1. The second-order valence-electron chi connectivity index (χ2n) is 2.62. The van der Waals surface area contributed by atoms with Gasteiger partial charge in [0.1, 0.15) is 0 Å². The summed E-state index contributed by atoms with van der Waals surface area (Å²) >= 11 is 0. The van der Waals surface area contributed by atoms with Crippen molar-refractivity contribution >= 4 is 5.69 Å². The van der Waals surface area contributed by atoms with E-state index >= 15 is 0 Å². The van der Waals surface area contributed by atoms with E-state index in [9.17, 15) is 0 Å². The third-order valence-electron chi connectivity index (χ3n) is 1.71. The Hall–Kier alpha value is -1.46. The predicted octanol–water partition coefficient (Wildman–Crippen LogP) is 2.46. The van der Waals surface area contributed by atoms with Gasteiger partial charge in [-0.2, -0.15) is 0 Å². The van der Waals surface area contributed by atoms with E-state index in [1.165, 1.54) is 5.69 Å². The minimum Gasteiger partial charge on any atom is -0.370 e. The van der Waals surface area contributed by atoms with E-state index in [0.717, 1.165) is 6.54 Å².